The fraction of sp³-hybridized carbons (Fsp3) is 0.353. The SMILES string of the molecule is CC1=CC2=C(CC1)C[n+]1c2ccc2c1CCC=C2. The highest BCUT2D eigenvalue weighted by atomic mass is 15.0. The van der Waals surface area contributed by atoms with Crippen LogP contribution in [0.4, 0.5) is 0 Å². The van der Waals surface area contributed by atoms with Gasteiger partial charge >= 0.3 is 0 Å². The molecule has 0 saturated carbocycles. The number of pyridine rings is 1. The third kappa shape index (κ3) is 1.37. The maximum atomic E-state index is 2.55. The van der Waals surface area contributed by atoms with Crippen LogP contribution in [0.1, 0.15) is 43.1 Å². The summed E-state index contributed by atoms with van der Waals surface area (Å²) in [4.78, 5) is 0. The predicted molar refractivity (Wildman–Crippen MR) is 73.9 cm³/mol. The maximum Gasteiger partial charge on any atom is 0.213 e. The molecule has 90 valence electrons. The maximum absolute atomic E-state index is 2.55. The quantitative estimate of drug-likeness (QED) is 0.607. The molecule has 1 heteroatoms. The Morgan fingerprint density at radius 3 is 3.00 bits per heavy atom. The van der Waals surface area contributed by atoms with Crippen molar-refractivity contribution in [2.45, 2.75) is 39.2 Å². The molecule has 4 rings (SSSR count). The van der Waals surface area contributed by atoms with Crippen LogP contribution in [0, 0.1) is 0 Å². The molecule has 0 saturated heterocycles. The van der Waals surface area contributed by atoms with E-state index in [-0.39, 0.29) is 0 Å². The number of hydrogen-bond acceptors (Lipinski definition) is 0. The zero-order valence-corrected chi connectivity index (χ0v) is 10.9. The second-order valence-corrected chi connectivity index (χ2v) is 5.66. The number of hydrogen-bond donors (Lipinski definition) is 0. The van der Waals surface area contributed by atoms with Gasteiger partial charge in [-0.05, 0) is 38.3 Å². The smallest absolute Gasteiger partial charge is 0.191 e. The highest BCUT2D eigenvalue weighted by Crippen LogP contribution is 2.34. The van der Waals surface area contributed by atoms with Gasteiger partial charge in [0.05, 0.1) is 5.57 Å². The van der Waals surface area contributed by atoms with Crippen LogP contribution < -0.4 is 4.57 Å². The van der Waals surface area contributed by atoms with E-state index < -0.39 is 0 Å². The molecule has 0 unspecified atom stereocenters. The Bertz CT molecular complexity index is 629. The van der Waals surface area contributed by atoms with Crippen LogP contribution in [-0.4, -0.2) is 0 Å². The first kappa shape index (κ1) is 10.3. The summed E-state index contributed by atoms with van der Waals surface area (Å²) in [5.74, 6) is 0. The number of aromatic nitrogens is 1. The molecule has 0 bridgehead atoms. The summed E-state index contributed by atoms with van der Waals surface area (Å²) < 4.78 is 2.55. The van der Waals surface area contributed by atoms with Gasteiger partial charge in [0.1, 0.15) is 0 Å². The monoisotopic (exact) mass is 236 g/mol. The van der Waals surface area contributed by atoms with Crippen molar-refractivity contribution in [2.24, 2.45) is 0 Å². The van der Waals surface area contributed by atoms with Crippen molar-refractivity contribution in [1.29, 1.82) is 0 Å². The van der Waals surface area contributed by atoms with E-state index in [2.05, 4.69) is 41.9 Å². The van der Waals surface area contributed by atoms with Gasteiger partial charge in [0.2, 0.25) is 5.69 Å². The second-order valence-electron chi connectivity index (χ2n) is 5.66. The number of fused-ring (bicyclic) bond motifs is 4. The lowest BCUT2D eigenvalue weighted by Crippen LogP contribution is -2.40. The van der Waals surface area contributed by atoms with Gasteiger partial charge in [0.15, 0.2) is 12.2 Å². The van der Waals surface area contributed by atoms with Gasteiger partial charge in [-0.1, -0.05) is 17.7 Å². The van der Waals surface area contributed by atoms with Crippen LogP contribution in [0.15, 0.2) is 35.4 Å². The Hall–Kier alpha value is -1.63. The topological polar surface area (TPSA) is 3.88 Å². The molecule has 1 aliphatic heterocycles. The van der Waals surface area contributed by atoms with Crippen LogP contribution >= 0.6 is 0 Å². The highest BCUT2D eigenvalue weighted by Gasteiger charge is 2.33. The third-order valence-corrected chi connectivity index (χ3v) is 4.43. The minimum Gasteiger partial charge on any atom is -0.191 e. The normalized spacial score (nSPS) is 20.4. The number of allylic oxidation sites excluding steroid dienone is 5. The van der Waals surface area contributed by atoms with Gasteiger partial charge in [-0.15, -0.1) is 0 Å². The zero-order valence-electron chi connectivity index (χ0n) is 10.9. The fourth-order valence-electron chi connectivity index (χ4n) is 3.45. The fourth-order valence-corrected chi connectivity index (χ4v) is 3.45. The lowest BCUT2D eigenvalue weighted by molar-refractivity contribution is -0.694. The first-order valence-electron chi connectivity index (χ1n) is 6.95. The summed E-state index contributed by atoms with van der Waals surface area (Å²) in [6.45, 7) is 3.39. The van der Waals surface area contributed by atoms with E-state index in [0.29, 0.717) is 0 Å². The molecule has 3 aliphatic rings. The Balaban J connectivity index is 1.90. The molecule has 0 aromatic carbocycles. The van der Waals surface area contributed by atoms with Crippen molar-refractivity contribution < 1.29 is 4.57 Å². The van der Waals surface area contributed by atoms with Crippen molar-refractivity contribution in [3.05, 3.63) is 52.4 Å². The minimum absolute atomic E-state index is 1.13. The Morgan fingerprint density at radius 1 is 1.11 bits per heavy atom. The summed E-state index contributed by atoms with van der Waals surface area (Å²) in [7, 11) is 0. The van der Waals surface area contributed by atoms with Gasteiger partial charge in [0.25, 0.3) is 0 Å². The molecule has 2 heterocycles. The molecule has 18 heavy (non-hydrogen) atoms. The van der Waals surface area contributed by atoms with Gasteiger partial charge in [-0.2, -0.15) is 4.57 Å². The highest BCUT2D eigenvalue weighted by molar-refractivity contribution is 5.76. The standard InChI is InChI=1S/C17H18N/c1-12-6-7-14-11-18-16-5-3-2-4-13(16)8-9-17(18)15(14)10-12/h2,4,8-10H,3,5-7,11H2,1H3/q+1. The van der Waals surface area contributed by atoms with Crippen molar-refractivity contribution in [2.75, 3.05) is 0 Å². The molecular formula is C17H18N+. The Kier molecular flexibility index (Phi) is 2.11. The molecule has 1 aromatic rings. The zero-order chi connectivity index (χ0) is 12.1. The summed E-state index contributed by atoms with van der Waals surface area (Å²) in [5.41, 5.74) is 9.08. The number of rotatable bonds is 0. The summed E-state index contributed by atoms with van der Waals surface area (Å²) in [6, 6.07) is 4.61. The van der Waals surface area contributed by atoms with Gasteiger partial charge < -0.3 is 0 Å². The van der Waals surface area contributed by atoms with E-state index in [0.717, 1.165) is 6.54 Å². The van der Waals surface area contributed by atoms with E-state index in [1.807, 2.05) is 0 Å². The van der Waals surface area contributed by atoms with Crippen LogP contribution in [0.25, 0.3) is 11.6 Å². The molecule has 0 amide bonds. The molecule has 0 spiro atoms. The minimum atomic E-state index is 1.13. The average molecular weight is 236 g/mol. The predicted octanol–water partition coefficient (Wildman–Crippen LogP) is 3.44. The summed E-state index contributed by atoms with van der Waals surface area (Å²) in [6.07, 6.45) is 11.9. The van der Waals surface area contributed by atoms with E-state index in [1.54, 1.807) is 5.57 Å². The van der Waals surface area contributed by atoms with Crippen molar-refractivity contribution >= 4 is 11.6 Å². The van der Waals surface area contributed by atoms with E-state index in [4.69, 9.17) is 0 Å². The average Bonchev–Trinajstić information content (AvgIpc) is 2.77. The molecular weight excluding hydrogens is 218 g/mol. The molecule has 1 aromatic heterocycles. The molecule has 0 atom stereocenters. The number of nitrogens with zero attached hydrogens (tertiary/aromatic N) is 1. The van der Waals surface area contributed by atoms with Crippen molar-refractivity contribution in [1.82, 2.24) is 0 Å². The molecule has 1 nitrogen and oxygen atoms in total. The molecule has 0 N–H and O–H groups in total. The summed E-state index contributed by atoms with van der Waals surface area (Å²) >= 11 is 0. The first-order valence-corrected chi connectivity index (χ1v) is 6.95. The van der Waals surface area contributed by atoms with Crippen molar-refractivity contribution in [3.63, 3.8) is 0 Å². The molecule has 0 radical (unpaired) electrons. The van der Waals surface area contributed by atoms with Gasteiger partial charge in [-0.25, -0.2) is 0 Å². The third-order valence-electron chi connectivity index (χ3n) is 4.43. The van der Waals surface area contributed by atoms with Gasteiger partial charge in [0, 0.05) is 23.6 Å². The van der Waals surface area contributed by atoms with Crippen LogP contribution in [0.3, 0.4) is 0 Å². The first-order chi connectivity index (χ1) is 8.83. The van der Waals surface area contributed by atoms with Crippen LogP contribution in [-0.2, 0) is 13.0 Å². The second kappa shape index (κ2) is 3.68. The van der Waals surface area contributed by atoms with Crippen LogP contribution in [0.5, 0.6) is 0 Å². The lowest BCUT2D eigenvalue weighted by Gasteiger charge is -2.09. The molecule has 0 fully saturated rings. The molecule has 2 aliphatic carbocycles. The van der Waals surface area contributed by atoms with E-state index in [1.165, 1.54) is 53.8 Å². The van der Waals surface area contributed by atoms with Crippen molar-refractivity contribution in [3.8, 4) is 0 Å². The summed E-state index contributed by atoms with van der Waals surface area (Å²) in [5, 5.41) is 0. The van der Waals surface area contributed by atoms with Crippen LogP contribution in [0.2, 0.25) is 0 Å². The van der Waals surface area contributed by atoms with E-state index in [9.17, 15) is 0 Å². The Morgan fingerprint density at radius 2 is 2.06 bits per heavy atom. The van der Waals surface area contributed by atoms with E-state index >= 15 is 0 Å². The Labute approximate surface area is 108 Å². The largest absolute Gasteiger partial charge is 0.213 e. The lowest BCUT2D eigenvalue weighted by atomic mass is 9.93. The van der Waals surface area contributed by atoms with Gasteiger partial charge in [-0.3, -0.25) is 0 Å².